The molecule has 0 saturated heterocycles. The predicted molar refractivity (Wildman–Crippen MR) is 109 cm³/mol. The first kappa shape index (κ1) is 19.3. The van der Waals surface area contributed by atoms with Crippen LogP contribution in [0.4, 0.5) is 13.2 Å². The maximum Gasteiger partial charge on any atom is 0.417 e. The minimum absolute atomic E-state index is 0.426. The van der Waals surface area contributed by atoms with Crippen LogP contribution in [0.3, 0.4) is 0 Å². The lowest BCUT2D eigenvalue weighted by Gasteiger charge is -2.08. The molecule has 0 N–H and O–H groups in total. The smallest absolute Gasteiger partial charge is 0.272 e. The van der Waals surface area contributed by atoms with Crippen molar-refractivity contribution < 1.29 is 13.2 Å². The van der Waals surface area contributed by atoms with Gasteiger partial charge < -0.3 is 0 Å². The molecule has 8 heteroatoms. The number of hydrogen-bond donors (Lipinski definition) is 0. The standard InChI is InChI=1S/C21H17F3N4S/c1-3-28-12-16(10-26-28)13(2)6-20-27-18-5-4-14(8-19(18)29-20)15-7-17(11-25-9-15)21(22,23)24/h4-12H,3H2,1-2H3/b13-6-. The summed E-state index contributed by atoms with van der Waals surface area (Å²) < 4.78 is 41.7. The van der Waals surface area contributed by atoms with Crippen LogP contribution in [0.1, 0.15) is 30.0 Å². The molecule has 3 aromatic heterocycles. The Morgan fingerprint density at radius 3 is 2.69 bits per heavy atom. The van der Waals surface area contributed by atoms with Gasteiger partial charge in [0.1, 0.15) is 5.01 Å². The third kappa shape index (κ3) is 4.07. The monoisotopic (exact) mass is 414 g/mol. The molecule has 29 heavy (non-hydrogen) atoms. The lowest BCUT2D eigenvalue weighted by Crippen LogP contribution is -2.05. The van der Waals surface area contributed by atoms with Gasteiger partial charge in [0.15, 0.2) is 0 Å². The number of nitrogens with zero attached hydrogens (tertiary/aromatic N) is 4. The normalized spacial score (nSPS) is 12.7. The van der Waals surface area contributed by atoms with Gasteiger partial charge in [-0.3, -0.25) is 9.67 Å². The van der Waals surface area contributed by atoms with E-state index < -0.39 is 11.7 Å². The topological polar surface area (TPSA) is 43.6 Å². The fraction of sp³-hybridized carbons (Fsp3) is 0.190. The number of pyridine rings is 1. The molecule has 148 valence electrons. The number of aryl methyl sites for hydroxylation is 1. The molecule has 0 aliphatic heterocycles. The second-order valence-corrected chi connectivity index (χ2v) is 7.67. The first-order chi connectivity index (χ1) is 13.8. The Balaban J connectivity index is 1.67. The van der Waals surface area contributed by atoms with E-state index in [2.05, 4.69) is 15.1 Å². The van der Waals surface area contributed by atoms with E-state index in [0.717, 1.165) is 45.2 Å². The summed E-state index contributed by atoms with van der Waals surface area (Å²) in [6.45, 7) is 4.84. The molecule has 4 rings (SSSR count). The Bertz CT molecular complexity index is 1200. The van der Waals surface area contributed by atoms with Crippen molar-refractivity contribution in [1.29, 1.82) is 0 Å². The van der Waals surface area contributed by atoms with E-state index in [-0.39, 0.29) is 0 Å². The Morgan fingerprint density at radius 1 is 1.14 bits per heavy atom. The Kier molecular flexibility index (Phi) is 4.96. The van der Waals surface area contributed by atoms with Crippen LogP contribution in [0, 0.1) is 0 Å². The molecular weight excluding hydrogens is 397 g/mol. The number of benzene rings is 1. The number of thiazole rings is 1. The molecule has 0 fully saturated rings. The fourth-order valence-electron chi connectivity index (χ4n) is 2.95. The van der Waals surface area contributed by atoms with Gasteiger partial charge in [-0.25, -0.2) is 4.98 Å². The zero-order chi connectivity index (χ0) is 20.6. The summed E-state index contributed by atoms with van der Waals surface area (Å²) in [5.74, 6) is 0. The average Bonchev–Trinajstić information content (AvgIpc) is 3.33. The summed E-state index contributed by atoms with van der Waals surface area (Å²) in [5.41, 5.74) is 3.23. The van der Waals surface area contributed by atoms with Gasteiger partial charge in [-0.05, 0) is 49.3 Å². The van der Waals surface area contributed by atoms with Crippen LogP contribution in [0.5, 0.6) is 0 Å². The van der Waals surface area contributed by atoms with Crippen molar-refractivity contribution in [2.45, 2.75) is 26.6 Å². The molecule has 0 aliphatic rings. The number of aromatic nitrogens is 4. The lowest BCUT2D eigenvalue weighted by atomic mass is 10.1. The van der Waals surface area contributed by atoms with Gasteiger partial charge in [-0.2, -0.15) is 18.3 Å². The Morgan fingerprint density at radius 2 is 1.97 bits per heavy atom. The van der Waals surface area contributed by atoms with Crippen molar-refractivity contribution in [3.05, 3.63) is 65.2 Å². The number of halogens is 3. The quantitative estimate of drug-likeness (QED) is 0.402. The zero-order valence-corrected chi connectivity index (χ0v) is 16.6. The maximum atomic E-state index is 13.0. The van der Waals surface area contributed by atoms with E-state index in [1.807, 2.05) is 49.1 Å². The summed E-state index contributed by atoms with van der Waals surface area (Å²) in [6.07, 6.45) is 3.65. The number of rotatable bonds is 4. The maximum absolute atomic E-state index is 13.0. The summed E-state index contributed by atoms with van der Waals surface area (Å²) >= 11 is 1.49. The van der Waals surface area contributed by atoms with Crippen molar-refractivity contribution in [2.24, 2.45) is 0 Å². The molecule has 4 aromatic rings. The Labute approximate surface area is 169 Å². The van der Waals surface area contributed by atoms with E-state index in [4.69, 9.17) is 0 Å². The van der Waals surface area contributed by atoms with Crippen molar-refractivity contribution in [3.63, 3.8) is 0 Å². The molecule has 0 atom stereocenters. The highest BCUT2D eigenvalue weighted by Gasteiger charge is 2.31. The summed E-state index contributed by atoms with van der Waals surface area (Å²) in [5, 5.41) is 5.12. The third-order valence-electron chi connectivity index (χ3n) is 4.56. The number of alkyl halides is 3. The zero-order valence-electron chi connectivity index (χ0n) is 15.7. The van der Waals surface area contributed by atoms with Crippen LogP contribution < -0.4 is 0 Å². The number of hydrogen-bond acceptors (Lipinski definition) is 4. The molecule has 1 aromatic carbocycles. The highest BCUT2D eigenvalue weighted by molar-refractivity contribution is 7.19. The molecule has 0 spiro atoms. The minimum Gasteiger partial charge on any atom is -0.272 e. The van der Waals surface area contributed by atoms with Crippen LogP contribution in [0.15, 0.2) is 49.1 Å². The number of allylic oxidation sites excluding steroid dienone is 1. The summed E-state index contributed by atoms with van der Waals surface area (Å²) in [6, 6.07) is 6.56. The minimum atomic E-state index is -4.42. The summed E-state index contributed by atoms with van der Waals surface area (Å²) in [4.78, 5) is 8.36. The third-order valence-corrected chi connectivity index (χ3v) is 5.52. The average molecular weight is 414 g/mol. The van der Waals surface area contributed by atoms with E-state index in [1.54, 1.807) is 6.07 Å². The van der Waals surface area contributed by atoms with E-state index in [1.165, 1.54) is 17.5 Å². The number of fused-ring (bicyclic) bond motifs is 1. The van der Waals surface area contributed by atoms with Crippen LogP contribution in [-0.2, 0) is 12.7 Å². The second-order valence-electron chi connectivity index (χ2n) is 6.61. The molecule has 0 amide bonds. The van der Waals surface area contributed by atoms with Crippen LogP contribution in [0.25, 0.3) is 33.0 Å². The fourth-order valence-corrected chi connectivity index (χ4v) is 3.95. The van der Waals surface area contributed by atoms with Gasteiger partial charge in [-0.15, -0.1) is 11.3 Å². The van der Waals surface area contributed by atoms with Gasteiger partial charge in [0.05, 0.1) is 22.0 Å². The van der Waals surface area contributed by atoms with Gasteiger partial charge >= 0.3 is 6.18 Å². The van der Waals surface area contributed by atoms with Crippen molar-refractivity contribution in [1.82, 2.24) is 19.7 Å². The predicted octanol–water partition coefficient (Wildman–Crippen LogP) is 6.15. The highest BCUT2D eigenvalue weighted by atomic mass is 32.1. The molecule has 0 bridgehead atoms. The van der Waals surface area contributed by atoms with Crippen LogP contribution in [-0.4, -0.2) is 19.7 Å². The van der Waals surface area contributed by atoms with E-state index in [0.29, 0.717) is 11.1 Å². The SMILES string of the molecule is CCn1cc(/C(C)=C\c2nc3ccc(-c4cncc(C(F)(F)F)c4)cc3s2)cn1. The van der Waals surface area contributed by atoms with Crippen molar-refractivity contribution in [2.75, 3.05) is 0 Å². The van der Waals surface area contributed by atoms with E-state index >= 15 is 0 Å². The van der Waals surface area contributed by atoms with Gasteiger partial charge in [-0.1, -0.05) is 6.07 Å². The Hall–Kier alpha value is -3.00. The summed E-state index contributed by atoms with van der Waals surface area (Å²) in [7, 11) is 0. The second kappa shape index (κ2) is 7.44. The molecule has 4 nitrogen and oxygen atoms in total. The highest BCUT2D eigenvalue weighted by Crippen LogP contribution is 2.33. The first-order valence-electron chi connectivity index (χ1n) is 8.98. The first-order valence-corrected chi connectivity index (χ1v) is 9.79. The van der Waals surface area contributed by atoms with Gasteiger partial charge in [0.25, 0.3) is 0 Å². The van der Waals surface area contributed by atoms with Gasteiger partial charge in [0.2, 0.25) is 0 Å². The molecule has 0 saturated carbocycles. The molecule has 0 radical (unpaired) electrons. The molecule has 0 aliphatic carbocycles. The molecule has 3 heterocycles. The van der Waals surface area contributed by atoms with Crippen LogP contribution >= 0.6 is 11.3 Å². The molecule has 0 unspecified atom stereocenters. The lowest BCUT2D eigenvalue weighted by molar-refractivity contribution is -0.137. The van der Waals surface area contributed by atoms with Crippen molar-refractivity contribution >= 4 is 33.2 Å². The van der Waals surface area contributed by atoms with Crippen molar-refractivity contribution in [3.8, 4) is 11.1 Å². The van der Waals surface area contributed by atoms with E-state index in [9.17, 15) is 13.2 Å². The van der Waals surface area contributed by atoms with Crippen LogP contribution in [0.2, 0.25) is 0 Å². The molecular formula is C21H17F3N4S. The largest absolute Gasteiger partial charge is 0.417 e. The van der Waals surface area contributed by atoms with Gasteiger partial charge in [0, 0.05) is 36.3 Å².